The van der Waals surface area contributed by atoms with Crippen molar-refractivity contribution in [3.8, 4) is 5.75 Å². The Hall–Kier alpha value is -1.97. The molecule has 0 aliphatic heterocycles. The summed E-state index contributed by atoms with van der Waals surface area (Å²) in [5.41, 5.74) is 2.40. The van der Waals surface area contributed by atoms with Crippen LogP contribution in [0.1, 0.15) is 29.9 Å². The van der Waals surface area contributed by atoms with Gasteiger partial charge in [-0.15, -0.1) is 0 Å². The minimum Gasteiger partial charge on any atom is -0.491 e. The van der Waals surface area contributed by atoms with Crippen molar-refractivity contribution < 1.29 is 14.3 Å². The lowest BCUT2D eigenvalue weighted by Crippen LogP contribution is -2.05. The predicted octanol–water partition coefficient (Wildman–Crippen LogP) is 3.05. The highest BCUT2D eigenvalue weighted by Gasteiger charge is 2.12. The Labute approximate surface area is 106 Å². The van der Waals surface area contributed by atoms with Crippen LogP contribution < -0.4 is 4.74 Å². The lowest BCUT2D eigenvalue weighted by atomic mass is 10.1. The Balaban J connectivity index is 2.48. The lowest BCUT2D eigenvalue weighted by molar-refractivity contribution is 0.0595. The molecule has 0 saturated carbocycles. The number of ether oxygens (including phenoxy) is 2. The molecule has 0 saturated heterocycles. The fourth-order valence-corrected chi connectivity index (χ4v) is 1.95. The van der Waals surface area contributed by atoms with E-state index in [-0.39, 0.29) is 12.1 Å². The van der Waals surface area contributed by atoms with E-state index in [1.165, 1.54) is 7.11 Å². The van der Waals surface area contributed by atoms with E-state index < -0.39 is 0 Å². The highest BCUT2D eigenvalue weighted by molar-refractivity contribution is 5.96. The zero-order valence-electron chi connectivity index (χ0n) is 11.0. The molecule has 0 unspecified atom stereocenters. The molecule has 4 heteroatoms. The molecule has 0 amide bonds. The SMILES string of the molecule is COC(=O)c1cc2c(C)cc(OC(C)C)cc2[nH]1. The number of rotatable bonds is 3. The maximum atomic E-state index is 11.5. The van der Waals surface area contributed by atoms with E-state index in [4.69, 9.17) is 9.47 Å². The van der Waals surface area contributed by atoms with Gasteiger partial charge >= 0.3 is 5.97 Å². The molecule has 0 atom stereocenters. The molecule has 0 aliphatic rings. The molecule has 2 rings (SSSR count). The minimum absolute atomic E-state index is 0.122. The van der Waals surface area contributed by atoms with E-state index in [1.54, 1.807) is 6.07 Å². The third-order valence-electron chi connectivity index (χ3n) is 2.70. The first kappa shape index (κ1) is 12.5. The van der Waals surface area contributed by atoms with Crippen LogP contribution >= 0.6 is 0 Å². The molecule has 4 nitrogen and oxygen atoms in total. The summed E-state index contributed by atoms with van der Waals surface area (Å²) in [7, 11) is 1.37. The maximum Gasteiger partial charge on any atom is 0.354 e. The normalized spacial score (nSPS) is 10.9. The van der Waals surface area contributed by atoms with Crippen LogP contribution in [0.3, 0.4) is 0 Å². The Morgan fingerprint density at radius 3 is 2.61 bits per heavy atom. The summed E-state index contributed by atoms with van der Waals surface area (Å²) >= 11 is 0. The molecule has 1 heterocycles. The Morgan fingerprint density at radius 1 is 1.28 bits per heavy atom. The molecule has 18 heavy (non-hydrogen) atoms. The molecule has 0 aliphatic carbocycles. The van der Waals surface area contributed by atoms with Crippen molar-refractivity contribution in [3.05, 3.63) is 29.5 Å². The van der Waals surface area contributed by atoms with Crippen molar-refractivity contribution in [2.24, 2.45) is 0 Å². The number of H-pyrrole nitrogens is 1. The molecule has 0 radical (unpaired) electrons. The third kappa shape index (κ3) is 2.32. The van der Waals surface area contributed by atoms with Crippen LogP contribution in [0.25, 0.3) is 10.9 Å². The van der Waals surface area contributed by atoms with E-state index in [9.17, 15) is 4.79 Å². The summed E-state index contributed by atoms with van der Waals surface area (Å²) in [5, 5.41) is 1.01. The lowest BCUT2D eigenvalue weighted by Gasteiger charge is -2.10. The molecule has 0 spiro atoms. The molecule has 1 N–H and O–H groups in total. The van der Waals surface area contributed by atoms with Gasteiger partial charge in [-0.3, -0.25) is 0 Å². The fourth-order valence-electron chi connectivity index (χ4n) is 1.95. The number of aryl methyl sites for hydroxylation is 1. The van der Waals surface area contributed by atoms with Crippen LogP contribution in [0.2, 0.25) is 0 Å². The second-order valence-electron chi connectivity index (χ2n) is 4.54. The van der Waals surface area contributed by atoms with E-state index >= 15 is 0 Å². The van der Waals surface area contributed by atoms with Crippen molar-refractivity contribution in [1.82, 2.24) is 4.98 Å². The van der Waals surface area contributed by atoms with Crippen molar-refractivity contribution in [1.29, 1.82) is 0 Å². The van der Waals surface area contributed by atoms with E-state index in [2.05, 4.69) is 4.98 Å². The summed E-state index contributed by atoms with van der Waals surface area (Å²) in [6.45, 7) is 5.95. The van der Waals surface area contributed by atoms with Gasteiger partial charge in [0.05, 0.1) is 13.2 Å². The second-order valence-corrected chi connectivity index (χ2v) is 4.54. The van der Waals surface area contributed by atoms with Crippen LogP contribution in [0.5, 0.6) is 5.75 Å². The number of esters is 1. The first-order chi connectivity index (χ1) is 8.51. The standard InChI is InChI=1S/C14H17NO3/c1-8(2)18-10-5-9(3)11-7-13(14(16)17-4)15-12(11)6-10/h5-8,15H,1-4H3. The third-order valence-corrected chi connectivity index (χ3v) is 2.70. The largest absolute Gasteiger partial charge is 0.491 e. The topological polar surface area (TPSA) is 51.3 Å². The number of aromatic amines is 1. The van der Waals surface area contributed by atoms with Gasteiger partial charge in [0.25, 0.3) is 0 Å². The van der Waals surface area contributed by atoms with Crippen LogP contribution in [-0.2, 0) is 4.74 Å². The van der Waals surface area contributed by atoms with Crippen LogP contribution in [0.15, 0.2) is 18.2 Å². The summed E-state index contributed by atoms with van der Waals surface area (Å²) in [6.07, 6.45) is 0.122. The number of carbonyl (C=O) groups excluding carboxylic acids is 1. The van der Waals surface area contributed by atoms with Gasteiger partial charge < -0.3 is 14.5 Å². The van der Waals surface area contributed by atoms with Gasteiger partial charge in [0.15, 0.2) is 0 Å². The number of methoxy groups -OCH3 is 1. The Bertz CT molecular complexity index is 584. The predicted molar refractivity (Wildman–Crippen MR) is 70.1 cm³/mol. The van der Waals surface area contributed by atoms with Gasteiger partial charge in [0.2, 0.25) is 0 Å². The Kier molecular flexibility index (Phi) is 3.28. The molecular formula is C14H17NO3. The molecular weight excluding hydrogens is 230 g/mol. The van der Waals surface area contributed by atoms with Crippen molar-refractivity contribution in [3.63, 3.8) is 0 Å². The van der Waals surface area contributed by atoms with Gasteiger partial charge in [0, 0.05) is 17.0 Å². The number of nitrogens with one attached hydrogen (secondary N) is 1. The first-order valence-electron chi connectivity index (χ1n) is 5.89. The molecule has 0 bridgehead atoms. The molecule has 0 fully saturated rings. The smallest absolute Gasteiger partial charge is 0.354 e. The van der Waals surface area contributed by atoms with E-state index in [0.717, 1.165) is 22.2 Å². The fraction of sp³-hybridized carbons (Fsp3) is 0.357. The van der Waals surface area contributed by atoms with Crippen molar-refractivity contribution in [2.45, 2.75) is 26.9 Å². The quantitative estimate of drug-likeness (QED) is 0.848. The van der Waals surface area contributed by atoms with E-state index in [1.807, 2.05) is 32.9 Å². The highest BCUT2D eigenvalue weighted by atomic mass is 16.5. The number of hydrogen-bond acceptors (Lipinski definition) is 3. The average Bonchev–Trinajstić information content (AvgIpc) is 2.71. The zero-order valence-corrected chi connectivity index (χ0v) is 11.0. The Morgan fingerprint density at radius 2 is 2.00 bits per heavy atom. The van der Waals surface area contributed by atoms with Gasteiger partial charge in [-0.25, -0.2) is 4.79 Å². The highest BCUT2D eigenvalue weighted by Crippen LogP contribution is 2.26. The van der Waals surface area contributed by atoms with Gasteiger partial charge in [-0.2, -0.15) is 0 Å². The van der Waals surface area contributed by atoms with Crippen molar-refractivity contribution in [2.75, 3.05) is 7.11 Å². The molecule has 1 aromatic carbocycles. The monoisotopic (exact) mass is 247 g/mol. The minimum atomic E-state index is -0.364. The average molecular weight is 247 g/mol. The number of aromatic nitrogens is 1. The molecule has 96 valence electrons. The summed E-state index contributed by atoms with van der Waals surface area (Å²) in [5.74, 6) is 0.435. The maximum absolute atomic E-state index is 11.5. The number of benzene rings is 1. The van der Waals surface area contributed by atoms with Crippen LogP contribution in [-0.4, -0.2) is 24.2 Å². The molecule has 2 aromatic rings. The molecule has 1 aromatic heterocycles. The number of carbonyl (C=O) groups is 1. The summed E-state index contributed by atoms with van der Waals surface area (Å²) in [6, 6.07) is 5.67. The summed E-state index contributed by atoms with van der Waals surface area (Å²) < 4.78 is 10.4. The van der Waals surface area contributed by atoms with Crippen LogP contribution in [0, 0.1) is 6.92 Å². The summed E-state index contributed by atoms with van der Waals surface area (Å²) in [4.78, 5) is 14.5. The van der Waals surface area contributed by atoms with Crippen molar-refractivity contribution >= 4 is 16.9 Å². The van der Waals surface area contributed by atoms with Gasteiger partial charge in [0.1, 0.15) is 11.4 Å². The van der Waals surface area contributed by atoms with Gasteiger partial charge in [-0.1, -0.05) is 0 Å². The number of hydrogen-bond donors (Lipinski definition) is 1. The first-order valence-corrected chi connectivity index (χ1v) is 5.89. The van der Waals surface area contributed by atoms with Gasteiger partial charge in [-0.05, 0) is 38.5 Å². The van der Waals surface area contributed by atoms with E-state index in [0.29, 0.717) is 5.69 Å². The van der Waals surface area contributed by atoms with Crippen LogP contribution in [0.4, 0.5) is 0 Å². The second kappa shape index (κ2) is 4.72. The zero-order chi connectivity index (χ0) is 13.3. The number of fused-ring (bicyclic) bond motifs is 1.